The van der Waals surface area contributed by atoms with Crippen molar-refractivity contribution in [2.24, 2.45) is 0 Å². The Labute approximate surface area is 149 Å². The van der Waals surface area contributed by atoms with Crippen molar-refractivity contribution >= 4 is 10.8 Å². The molecule has 0 amide bonds. The van der Waals surface area contributed by atoms with E-state index in [0.717, 1.165) is 18.2 Å². The lowest BCUT2D eigenvalue weighted by Crippen LogP contribution is -2.22. The summed E-state index contributed by atoms with van der Waals surface area (Å²) < 4.78 is 111. The molecule has 0 aliphatic carbocycles. The molecule has 0 saturated carbocycles. The molecule has 2 aromatic carbocycles. The quantitative estimate of drug-likeness (QED) is 0.638. The topological polar surface area (TPSA) is 50.1 Å². The highest BCUT2D eigenvalue weighted by Gasteiger charge is 2.59. The van der Waals surface area contributed by atoms with Gasteiger partial charge in [-0.25, -0.2) is 13.0 Å². The van der Waals surface area contributed by atoms with Crippen molar-refractivity contribution in [3.05, 3.63) is 52.8 Å². The van der Waals surface area contributed by atoms with Gasteiger partial charge in [0.05, 0.1) is 27.7 Å². The van der Waals surface area contributed by atoms with Crippen LogP contribution in [0.5, 0.6) is 11.5 Å². The van der Waals surface area contributed by atoms with E-state index in [1.807, 2.05) is 0 Å². The molecule has 3 nitrogen and oxygen atoms in total. The third kappa shape index (κ3) is 3.14. The van der Waals surface area contributed by atoms with Crippen LogP contribution in [0.25, 0.3) is 0 Å². The molecule has 0 N–H and O–H groups in total. The second-order valence-electron chi connectivity index (χ2n) is 5.43. The summed E-state index contributed by atoms with van der Waals surface area (Å²) in [5.74, 6) is -2.16. The molecule has 11 heteroatoms. The smallest absolute Gasteiger partial charge is 0.417 e. The first-order chi connectivity index (χ1) is 12.5. The second-order valence-corrected chi connectivity index (χ2v) is 6.92. The fourth-order valence-electron chi connectivity index (χ4n) is 2.54. The molecule has 2 atom stereocenters. The summed E-state index contributed by atoms with van der Waals surface area (Å²) in [5, 5.41) is 4.19. The molecular formula is C16H6F7NO2S. The summed E-state index contributed by atoms with van der Waals surface area (Å²) in [6, 6.07) is 5.02. The van der Waals surface area contributed by atoms with Crippen LogP contribution in [0.1, 0.15) is 22.9 Å². The first-order valence-corrected chi connectivity index (χ1v) is 8.18. The van der Waals surface area contributed by atoms with Crippen LogP contribution < -0.4 is 4.74 Å². The molecule has 2 aromatic rings. The van der Waals surface area contributed by atoms with Crippen LogP contribution in [-0.4, -0.2) is 9.46 Å². The Morgan fingerprint density at radius 2 is 1.85 bits per heavy atom. The van der Waals surface area contributed by atoms with Gasteiger partial charge in [-0.15, -0.1) is 0 Å². The van der Waals surface area contributed by atoms with Gasteiger partial charge < -0.3 is 4.74 Å². The normalized spacial score (nSPS) is 20.8. The van der Waals surface area contributed by atoms with E-state index in [-0.39, 0.29) is 5.56 Å². The maximum atomic E-state index is 14.2. The number of rotatable bonds is 2. The van der Waals surface area contributed by atoms with Crippen LogP contribution >= 0.6 is 0 Å². The lowest BCUT2D eigenvalue weighted by molar-refractivity contribution is -0.139. The minimum atomic E-state index is -5.16. The molecule has 1 heterocycles. The van der Waals surface area contributed by atoms with Crippen molar-refractivity contribution in [1.82, 2.24) is 0 Å². The van der Waals surface area contributed by atoms with Gasteiger partial charge in [0, 0.05) is 6.07 Å². The van der Waals surface area contributed by atoms with Gasteiger partial charge in [-0.3, -0.25) is 0 Å². The zero-order chi connectivity index (χ0) is 20.1. The lowest BCUT2D eigenvalue weighted by Gasteiger charge is -2.15. The second kappa shape index (κ2) is 6.23. The van der Waals surface area contributed by atoms with Gasteiger partial charge in [0.15, 0.2) is 0 Å². The number of ether oxygens (including phenoxy) is 1. The first-order valence-electron chi connectivity index (χ1n) is 7.03. The van der Waals surface area contributed by atoms with E-state index >= 15 is 0 Å². The molecule has 0 fully saturated rings. The van der Waals surface area contributed by atoms with Crippen LogP contribution in [0.3, 0.4) is 0 Å². The Hall–Kier alpha value is -2.61. The average molecular weight is 409 g/mol. The molecule has 0 aromatic heterocycles. The minimum absolute atomic E-state index is 0.223. The predicted octanol–water partition coefficient (Wildman–Crippen LogP) is 5.23. The fraction of sp³-hybridized carbons (Fsp3) is 0.188. The zero-order valence-electron chi connectivity index (χ0n) is 12.8. The number of benzene rings is 2. The van der Waals surface area contributed by atoms with Crippen LogP contribution in [0.15, 0.2) is 35.2 Å². The number of nitriles is 1. The molecule has 1 unspecified atom stereocenters. The van der Waals surface area contributed by atoms with Crippen LogP contribution in [0, 0.1) is 17.1 Å². The Morgan fingerprint density at radius 3 is 2.44 bits per heavy atom. The lowest BCUT2D eigenvalue weighted by atomic mass is 10.0. The molecule has 1 aliphatic rings. The largest absolute Gasteiger partial charge is 0.457 e. The van der Waals surface area contributed by atoms with Gasteiger partial charge in [0.1, 0.15) is 28.1 Å². The number of fused-ring (bicyclic) bond motifs is 1. The van der Waals surface area contributed by atoms with Crippen molar-refractivity contribution in [3.8, 4) is 17.6 Å². The van der Waals surface area contributed by atoms with E-state index in [2.05, 4.69) is 0 Å². The number of alkyl halides is 6. The van der Waals surface area contributed by atoms with Crippen molar-refractivity contribution < 1.29 is 39.7 Å². The molecule has 1 aliphatic heterocycles. The van der Waals surface area contributed by atoms with Crippen molar-refractivity contribution in [2.75, 3.05) is 0 Å². The highest BCUT2D eigenvalue weighted by atomic mass is 32.2. The third-order valence-electron chi connectivity index (χ3n) is 3.67. The summed E-state index contributed by atoms with van der Waals surface area (Å²) in [4.78, 5) is -1.42. The van der Waals surface area contributed by atoms with E-state index in [1.54, 1.807) is 6.07 Å². The molecule has 0 radical (unpaired) electrons. The van der Waals surface area contributed by atoms with Gasteiger partial charge in [-0.1, -0.05) is 0 Å². The minimum Gasteiger partial charge on any atom is -0.457 e. The number of nitrogens with zero attached hydrogens (tertiary/aromatic N) is 1. The Kier molecular flexibility index (Phi) is 4.42. The predicted molar refractivity (Wildman–Crippen MR) is 77.8 cm³/mol. The van der Waals surface area contributed by atoms with Gasteiger partial charge >= 0.3 is 11.4 Å². The zero-order valence-corrected chi connectivity index (χ0v) is 13.6. The molecule has 27 heavy (non-hydrogen) atoms. The molecular weight excluding hydrogens is 403 g/mol. The summed E-state index contributed by atoms with van der Waals surface area (Å²) in [6.07, 6.45) is -8.49. The van der Waals surface area contributed by atoms with E-state index in [9.17, 15) is 34.9 Å². The third-order valence-corrected chi connectivity index (χ3v) is 5.18. The number of halogens is 7. The fourth-order valence-corrected chi connectivity index (χ4v) is 3.91. The summed E-state index contributed by atoms with van der Waals surface area (Å²) in [6.45, 7) is 0. The van der Waals surface area contributed by atoms with Gasteiger partial charge in [0.2, 0.25) is 6.17 Å². The maximum Gasteiger partial charge on any atom is 0.417 e. The SMILES string of the molecule is N#Cc1cc(F)cc(Oc2ccc(C(F)(F)F)c3c2[C@@H](F)C(F)(F)S3=O)c1. The van der Waals surface area contributed by atoms with E-state index in [4.69, 9.17) is 10.00 Å². The number of hydrogen-bond donors (Lipinski definition) is 0. The first kappa shape index (κ1) is 19.2. The van der Waals surface area contributed by atoms with Crippen LogP contribution in [0.2, 0.25) is 0 Å². The Morgan fingerprint density at radius 1 is 1.19 bits per heavy atom. The molecule has 0 spiro atoms. The average Bonchev–Trinajstić information content (AvgIpc) is 2.75. The van der Waals surface area contributed by atoms with Crippen LogP contribution in [-0.2, 0) is 17.0 Å². The van der Waals surface area contributed by atoms with Crippen molar-refractivity contribution in [1.29, 1.82) is 5.26 Å². The standard InChI is InChI=1S/C16H6F7NO2S/c17-8-3-7(6-24)4-9(5-8)26-11-2-1-10(15(19,20)21)13-12(11)14(18)16(22,23)27(13)25/h1-5,14H/t14-,27?/m1/s1. The Bertz CT molecular complexity index is 997. The van der Waals surface area contributed by atoms with E-state index < -0.39 is 61.7 Å². The van der Waals surface area contributed by atoms with Crippen molar-refractivity contribution in [3.63, 3.8) is 0 Å². The summed E-state index contributed by atoms with van der Waals surface area (Å²) in [7, 11) is -3.61. The van der Waals surface area contributed by atoms with Crippen molar-refractivity contribution in [2.45, 2.75) is 22.5 Å². The number of hydrogen-bond acceptors (Lipinski definition) is 3. The van der Waals surface area contributed by atoms with E-state index in [1.165, 1.54) is 0 Å². The maximum absolute atomic E-state index is 14.2. The highest BCUT2D eigenvalue weighted by molar-refractivity contribution is 7.86. The summed E-state index contributed by atoms with van der Waals surface area (Å²) in [5.41, 5.74) is -3.13. The monoisotopic (exact) mass is 409 g/mol. The van der Waals surface area contributed by atoms with Gasteiger partial charge in [0.25, 0.3) is 0 Å². The van der Waals surface area contributed by atoms with E-state index in [0.29, 0.717) is 12.1 Å². The van der Waals surface area contributed by atoms with Crippen LogP contribution in [0.4, 0.5) is 30.7 Å². The highest BCUT2D eigenvalue weighted by Crippen LogP contribution is 2.55. The Balaban J connectivity index is 2.19. The molecule has 3 rings (SSSR count). The molecule has 142 valence electrons. The molecule has 0 bridgehead atoms. The van der Waals surface area contributed by atoms with Gasteiger partial charge in [-0.2, -0.15) is 27.2 Å². The van der Waals surface area contributed by atoms with Gasteiger partial charge in [-0.05, 0) is 24.3 Å². The molecule has 0 saturated heterocycles. The summed E-state index contributed by atoms with van der Waals surface area (Å²) >= 11 is 0.